The van der Waals surface area contributed by atoms with Crippen LogP contribution in [0.15, 0.2) is 0 Å². The molecule has 2 amide bonds. The Labute approximate surface area is 158 Å². The minimum absolute atomic E-state index is 0.0543. The Morgan fingerprint density at radius 2 is 1.54 bits per heavy atom. The molecule has 2 aliphatic heterocycles. The number of halogens is 1. The lowest BCUT2D eigenvalue weighted by Gasteiger charge is -2.40. The van der Waals surface area contributed by atoms with Gasteiger partial charge >= 0.3 is 6.09 Å². The predicted octanol–water partition coefficient (Wildman–Crippen LogP) is 4.40. The fourth-order valence-corrected chi connectivity index (χ4v) is 3.41. The molecule has 0 radical (unpaired) electrons. The molecule has 2 rings (SSSR count). The third-order valence-electron chi connectivity index (χ3n) is 5.07. The minimum atomic E-state index is -1.84. The van der Waals surface area contributed by atoms with Gasteiger partial charge in [0.1, 0.15) is 5.60 Å². The van der Waals surface area contributed by atoms with Crippen molar-refractivity contribution in [2.75, 3.05) is 26.2 Å². The first-order valence-corrected chi connectivity index (χ1v) is 10.1. The second-order valence-corrected chi connectivity index (χ2v) is 8.08. The van der Waals surface area contributed by atoms with Gasteiger partial charge in [-0.05, 0) is 39.5 Å². The molecule has 0 N–H and O–H groups in total. The van der Waals surface area contributed by atoms with E-state index >= 15 is 4.39 Å². The number of amides is 2. The van der Waals surface area contributed by atoms with E-state index in [0.717, 1.165) is 19.3 Å². The van der Waals surface area contributed by atoms with E-state index < -0.39 is 17.4 Å². The highest BCUT2D eigenvalue weighted by Gasteiger charge is 2.45. The van der Waals surface area contributed by atoms with E-state index in [1.54, 1.807) is 25.7 Å². The number of rotatable bonds is 2. The molecule has 5 nitrogen and oxygen atoms in total. The summed E-state index contributed by atoms with van der Waals surface area (Å²) in [5, 5.41) is 0. The van der Waals surface area contributed by atoms with E-state index in [4.69, 9.17) is 4.74 Å². The number of hydrogen-bond donors (Lipinski definition) is 0. The molecule has 0 aromatic rings. The molecule has 2 heterocycles. The molecule has 2 fully saturated rings. The van der Waals surface area contributed by atoms with E-state index in [2.05, 4.69) is 6.92 Å². The third kappa shape index (κ3) is 6.13. The molecular formula is C20H37FN2O3. The Hall–Kier alpha value is -1.33. The minimum Gasteiger partial charge on any atom is -0.444 e. The largest absolute Gasteiger partial charge is 0.444 e. The second kappa shape index (κ2) is 9.56. The Bertz CT molecular complexity index is 460. The predicted molar refractivity (Wildman–Crippen MR) is 102 cm³/mol. The highest BCUT2D eigenvalue weighted by atomic mass is 19.1. The Morgan fingerprint density at radius 3 is 1.96 bits per heavy atom. The molecule has 0 aromatic carbocycles. The average molecular weight is 373 g/mol. The Balaban J connectivity index is 0.00000163. The fourth-order valence-electron chi connectivity index (χ4n) is 3.41. The molecule has 0 unspecified atom stereocenters. The Kier molecular flexibility index (Phi) is 8.35. The summed E-state index contributed by atoms with van der Waals surface area (Å²) in [6.07, 6.45) is 2.72. The Morgan fingerprint density at radius 1 is 1.04 bits per heavy atom. The first kappa shape index (κ1) is 22.7. The standard InChI is InChI=1S/C18H31FN2O3.C2H6/c1-5-14-6-10-20(11-7-14)15(22)18(19)8-12-21(13-9-18)16(23)24-17(2,3)4;1-2/h14H,5-13H2,1-4H3;1-2H3. The van der Waals surface area contributed by atoms with Crippen molar-refractivity contribution in [3.05, 3.63) is 0 Å². The molecule has 0 spiro atoms. The molecule has 0 bridgehead atoms. The van der Waals surface area contributed by atoms with Crippen molar-refractivity contribution in [2.24, 2.45) is 5.92 Å². The van der Waals surface area contributed by atoms with E-state index in [1.807, 2.05) is 13.8 Å². The number of piperidine rings is 2. The molecular weight excluding hydrogens is 335 g/mol. The quantitative estimate of drug-likeness (QED) is 0.722. The zero-order chi connectivity index (χ0) is 20.0. The van der Waals surface area contributed by atoms with Gasteiger partial charge < -0.3 is 14.5 Å². The third-order valence-corrected chi connectivity index (χ3v) is 5.07. The van der Waals surface area contributed by atoms with Crippen LogP contribution in [-0.2, 0) is 9.53 Å². The summed E-state index contributed by atoms with van der Waals surface area (Å²) in [6, 6.07) is 0. The number of carbonyl (C=O) groups is 2. The van der Waals surface area contributed by atoms with Crippen LogP contribution < -0.4 is 0 Å². The lowest BCUT2D eigenvalue weighted by molar-refractivity contribution is -0.148. The maximum Gasteiger partial charge on any atom is 0.410 e. The summed E-state index contributed by atoms with van der Waals surface area (Å²) in [7, 11) is 0. The zero-order valence-corrected chi connectivity index (χ0v) is 17.4. The molecule has 26 heavy (non-hydrogen) atoms. The van der Waals surface area contributed by atoms with Crippen LogP contribution in [0.25, 0.3) is 0 Å². The van der Waals surface area contributed by atoms with Crippen LogP contribution in [0.4, 0.5) is 9.18 Å². The van der Waals surface area contributed by atoms with Crippen LogP contribution >= 0.6 is 0 Å². The van der Waals surface area contributed by atoms with Crippen LogP contribution in [0.5, 0.6) is 0 Å². The van der Waals surface area contributed by atoms with Gasteiger partial charge in [0, 0.05) is 39.0 Å². The smallest absolute Gasteiger partial charge is 0.410 e. The topological polar surface area (TPSA) is 49.9 Å². The van der Waals surface area contributed by atoms with E-state index in [-0.39, 0.29) is 31.8 Å². The fraction of sp³-hybridized carbons (Fsp3) is 0.900. The van der Waals surface area contributed by atoms with Gasteiger partial charge in [-0.15, -0.1) is 0 Å². The van der Waals surface area contributed by atoms with E-state index in [1.165, 1.54) is 4.90 Å². The van der Waals surface area contributed by atoms with Crippen molar-refractivity contribution in [3.8, 4) is 0 Å². The van der Waals surface area contributed by atoms with Crippen LogP contribution in [-0.4, -0.2) is 59.2 Å². The first-order valence-electron chi connectivity index (χ1n) is 10.1. The average Bonchev–Trinajstić information content (AvgIpc) is 2.62. The number of nitrogens with zero attached hydrogens (tertiary/aromatic N) is 2. The van der Waals surface area contributed by atoms with Gasteiger partial charge in [-0.2, -0.15) is 0 Å². The van der Waals surface area contributed by atoms with Crippen LogP contribution in [0.2, 0.25) is 0 Å². The van der Waals surface area contributed by atoms with Crippen LogP contribution in [0.1, 0.15) is 73.6 Å². The highest BCUT2D eigenvalue weighted by molar-refractivity contribution is 5.85. The van der Waals surface area contributed by atoms with Gasteiger partial charge in [0.25, 0.3) is 5.91 Å². The molecule has 152 valence electrons. The van der Waals surface area contributed by atoms with Crippen molar-refractivity contribution >= 4 is 12.0 Å². The molecule has 0 aliphatic carbocycles. The van der Waals surface area contributed by atoms with Gasteiger partial charge in [0.2, 0.25) is 0 Å². The van der Waals surface area contributed by atoms with Gasteiger partial charge in [-0.3, -0.25) is 4.79 Å². The van der Waals surface area contributed by atoms with Crippen LogP contribution in [0.3, 0.4) is 0 Å². The van der Waals surface area contributed by atoms with Crippen molar-refractivity contribution in [1.29, 1.82) is 0 Å². The van der Waals surface area contributed by atoms with Gasteiger partial charge in [-0.25, -0.2) is 9.18 Å². The maximum atomic E-state index is 15.1. The maximum absolute atomic E-state index is 15.1. The van der Waals surface area contributed by atoms with Gasteiger partial charge in [0.15, 0.2) is 5.67 Å². The molecule has 2 saturated heterocycles. The highest BCUT2D eigenvalue weighted by Crippen LogP contribution is 2.31. The summed E-state index contributed by atoms with van der Waals surface area (Å²) in [6.45, 7) is 13.3. The number of alkyl halides is 1. The summed E-state index contributed by atoms with van der Waals surface area (Å²) in [4.78, 5) is 27.8. The van der Waals surface area contributed by atoms with E-state index in [9.17, 15) is 9.59 Å². The molecule has 2 aliphatic rings. The summed E-state index contributed by atoms with van der Waals surface area (Å²) in [5.74, 6) is 0.263. The van der Waals surface area contributed by atoms with Crippen molar-refractivity contribution in [1.82, 2.24) is 9.80 Å². The molecule has 0 aromatic heterocycles. The van der Waals surface area contributed by atoms with Gasteiger partial charge in [0.05, 0.1) is 0 Å². The monoisotopic (exact) mass is 372 g/mol. The van der Waals surface area contributed by atoms with Crippen molar-refractivity contribution in [3.63, 3.8) is 0 Å². The number of likely N-dealkylation sites (tertiary alicyclic amines) is 2. The van der Waals surface area contributed by atoms with Crippen molar-refractivity contribution in [2.45, 2.75) is 84.9 Å². The number of ether oxygens (including phenoxy) is 1. The number of carbonyl (C=O) groups excluding carboxylic acids is 2. The summed E-state index contributed by atoms with van der Waals surface area (Å²) < 4.78 is 20.4. The molecule has 0 saturated carbocycles. The number of hydrogen-bond acceptors (Lipinski definition) is 3. The summed E-state index contributed by atoms with van der Waals surface area (Å²) in [5.41, 5.74) is -2.40. The molecule has 6 heteroatoms. The zero-order valence-electron chi connectivity index (χ0n) is 17.4. The van der Waals surface area contributed by atoms with Gasteiger partial charge in [-0.1, -0.05) is 27.2 Å². The van der Waals surface area contributed by atoms with Crippen LogP contribution in [0, 0.1) is 5.92 Å². The molecule has 0 atom stereocenters. The summed E-state index contributed by atoms with van der Waals surface area (Å²) >= 11 is 0. The van der Waals surface area contributed by atoms with E-state index in [0.29, 0.717) is 19.0 Å². The first-order chi connectivity index (χ1) is 12.1. The SMILES string of the molecule is CC.CCC1CCN(C(=O)C2(F)CCN(C(=O)OC(C)(C)C)CC2)CC1. The lowest BCUT2D eigenvalue weighted by atomic mass is 9.89. The van der Waals surface area contributed by atoms with Crippen molar-refractivity contribution < 1.29 is 18.7 Å². The second-order valence-electron chi connectivity index (χ2n) is 8.08. The lowest BCUT2D eigenvalue weighted by Crippen LogP contribution is -2.55. The normalized spacial score (nSPS) is 20.9.